The van der Waals surface area contributed by atoms with E-state index in [9.17, 15) is 4.79 Å². The minimum absolute atomic E-state index is 0.129. The molecule has 0 spiro atoms. The summed E-state index contributed by atoms with van der Waals surface area (Å²) in [6.07, 6.45) is 0. The van der Waals surface area contributed by atoms with Gasteiger partial charge < -0.3 is 10.0 Å². The Hall–Kier alpha value is -1.30. The minimum atomic E-state index is -1.14. The summed E-state index contributed by atoms with van der Waals surface area (Å²) < 4.78 is 0.721. The summed E-state index contributed by atoms with van der Waals surface area (Å²) in [4.78, 5) is 17.9. The SMILES string of the molecule is CN(Cc1ccc(Cl)s1)c1ccc(Cl)c(C(=O)O)n1. The molecule has 2 heterocycles. The first-order valence-electron chi connectivity index (χ1n) is 5.32. The molecule has 0 radical (unpaired) electrons. The topological polar surface area (TPSA) is 53.4 Å². The number of hydrogen-bond acceptors (Lipinski definition) is 4. The fourth-order valence-corrected chi connectivity index (χ4v) is 2.87. The van der Waals surface area contributed by atoms with E-state index in [0.717, 1.165) is 9.21 Å². The number of aromatic carboxylic acids is 1. The number of aromatic nitrogens is 1. The summed E-state index contributed by atoms with van der Waals surface area (Å²) in [6.45, 7) is 0.602. The van der Waals surface area contributed by atoms with Gasteiger partial charge in [0.2, 0.25) is 0 Å². The van der Waals surface area contributed by atoms with Gasteiger partial charge in [-0.3, -0.25) is 0 Å². The molecule has 0 aromatic carbocycles. The maximum absolute atomic E-state index is 11.0. The highest BCUT2D eigenvalue weighted by atomic mass is 35.5. The Morgan fingerprint density at radius 2 is 2.11 bits per heavy atom. The van der Waals surface area contributed by atoms with E-state index in [2.05, 4.69) is 4.98 Å². The molecule has 100 valence electrons. The van der Waals surface area contributed by atoms with Crippen LogP contribution in [0.1, 0.15) is 15.4 Å². The van der Waals surface area contributed by atoms with Crippen molar-refractivity contribution in [1.29, 1.82) is 0 Å². The molecule has 2 aromatic rings. The van der Waals surface area contributed by atoms with Gasteiger partial charge in [0.05, 0.1) is 15.9 Å². The van der Waals surface area contributed by atoms with Crippen molar-refractivity contribution in [3.63, 3.8) is 0 Å². The van der Waals surface area contributed by atoms with Gasteiger partial charge in [-0.25, -0.2) is 9.78 Å². The van der Waals surface area contributed by atoms with Gasteiger partial charge in [-0.1, -0.05) is 23.2 Å². The van der Waals surface area contributed by atoms with Crippen LogP contribution in [0.25, 0.3) is 0 Å². The molecule has 4 nitrogen and oxygen atoms in total. The first kappa shape index (κ1) is 14.1. The number of anilines is 1. The van der Waals surface area contributed by atoms with Crippen LogP contribution in [0.5, 0.6) is 0 Å². The molecule has 1 N–H and O–H groups in total. The third kappa shape index (κ3) is 3.37. The zero-order valence-electron chi connectivity index (χ0n) is 9.93. The third-order valence-corrected chi connectivity index (χ3v) is 3.97. The number of carbonyl (C=O) groups is 1. The number of nitrogens with zero attached hydrogens (tertiary/aromatic N) is 2. The summed E-state index contributed by atoms with van der Waals surface area (Å²) in [5, 5.41) is 9.11. The van der Waals surface area contributed by atoms with E-state index in [0.29, 0.717) is 12.4 Å². The molecule has 0 saturated carbocycles. The molecule has 0 fully saturated rings. The van der Waals surface area contributed by atoms with Crippen molar-refractivity contribution in [2.24, 2.45) is 0 Å². The monoisotopic (exact) mass is 316 g/mol. The molecular weight excluding hydrogens is 307 g/mol. The van der Waals surface area contributed by atoms with E-state index in [4.69, 9.17) is 28.3 Å². The quantitative estimate of drug-likeness (QED) is 0.932. The van der Waals surface area contributed by atoms with Crippen molar-refractivity contribution in [2.75, 3.05) is 11.9 Å². The number of halogens is 2. The first-order chi connectivity index (χ1) is 8.97. The second-order valence-electron chi connectivity index (χ2n) is 3.87. The lowest BCUT2D eigenvalue weighted by Gasteiger charge is -2.17. The average molecular weight is 317 g/mol. The molecule has 0 aliphatic heterocycles. The highest BCUT2D eigenvalue weighted by Crippen LogP contribution is 2.25. The van der Waals surface area contributed by atoms with E-state index in [1.165, 1.54) is 17.4 Å². The number of hydrogen-bond donors (Lipinski definition) is 1. The predicted molar refractivity (Wildman–Crippen MR) is 77.6 cm³/mol. The van der Waals surface area contributed by atoms with Crippen LogP contribution >= 0.6 is 34.5 Å². The third-order valence-electron chi connectivity index (χ3n) is 2.45. The van der Waals surface area contributed by atoms with Crippen molar-refractivity contribution < 1.29 is 9.90 Å². The minimum Gasteiger partial charge on any atom is -0.476 e. The van der Waals surface area contributed by atoms with Crippen molar-refractivity contribution in [3.05, 3.63) is 44.2 Å². The summed E-state index contributed by atoms with van der Waals surface area (Å²) >= 11 is 13.1. The van der Waals surface area contributed by atoms with Gasteiger partial charge in [-0.15, -0.1) is 11.3 Å². The van der Waals surface area contributed by atoms with Gasteiger partial charge in [-0.2, -0.15) is 0 Å². The first-order valence-corrected chi connectivity index (χ1v) is 6.90. The molecule has 2 rings (SSSR count). The van der Waals surface area contributed by atoms with E-state index >= 15 is 0 Å². The molecule has 0 aliphatic rings. The molecule has 0 saturated heterocycles. The Morgan fingerprint density at radius 3 is 2.68 bits per heavy atom. The van der Waals surface area contributed by atoms with Gasteiger partial charge in [0.1, 0.15) is 5.82 Å². The zero-order chi connectivity index (χ0) is 14.0. The Labute approximate surface area is 124 Å². The van der Waals surface area contributed by atoms with E-state index in [1.807, 2.05) is 24.1 Å². The summed E-state index contributed by atoms with van der Waals surface area (Å²) in [6, 6.07) is 6.97. The van der Waals surface area contributed by atoms with Crippen LogP contribution in [-0.2, 0) is 6.54 Å². The van der Waals surface area contributed by atoms with Gasteiger partial charge in [0.25, 0.3) is 0 Å². The smallest absolute Gasteiger partial charge is 0.356 e. The van der Waals surface area contributed by atoms with Crippen molar-refractivity contribution >= 4 is 46.3 Å². The Balaban J connectivity index is 2.21. The van der Waals surface area contributed by atoms with Gasteiger partial charge in [0.15, 0.2) is 5.69 Å². The van der Waals surface area contributed by atoms with Gasteiger partial charge in [-0.05, 0) is 24.3 Å². The van der Waals surface area contributed by atoms with Crippen LogP contribution in [-0.4, -0.2) is 23.1 Å². The second kappa shape index (κ2) is 5.77. The Morgan fingerprint density at radius 1 is 1.37 bits per heavy atom. The van der Waals surface area contributed by atoms with E-state index in [1.54, 1.807) is 6.07 Å². The second-order valence-corrected chi connectivity index (χ2v) is 6.07. The number of carboxylic acids is 1. The molecule has 7 heteroatoms. The van der Waals surface area contributed by atoms with Gasteiger partial charge in [0, 0.05) is 11.9 Å². The van der Waals surface area contributed by atoms with E-state index in [-0.39, 0.29) is 10.7 Å². The summed E-state index contributed by atoms with van der Waals surface area (Å²) in [5.41, 5.74) is -0.143. The number of thiophene rings is 1. The highest BCUT2D eigenvalue weighted by molar-refractivity contribution is 7.16. The van der Waals surface area contributed by atoms with Gasteiger partial charge >= 0.3 is 5.97 Å². The van der Waals surface area contributed by atoms with Crippen molar-refractivity contribution in [3.8, 4) is 0 Å². The molecular formula is C12H10Cl2N2O2S. The molecule has 19 heavy (non-hydrogen) atoms. The number of pyridine rings is 1. The summed E-state index contributed by atoms with van der Waals surface area (Å²) in [7, 11) is 1.83. The van der Waals surface area contributed by atoms with Crippen LogP contribution in [0.2, 0.25) is 9.36 Å². The lowest BCUT2D eigenvalue weighted by Crippen LogP contribution is -2.18. The van der Waals surface area contributed by atoms with Crippen molar-refractivity contribution in [2.45, 2.75) is 6.54 Å². The van der Waals surface area contributed by atoms with Crippen molar-refractivity contribution in [1.82, 2.24) is 4.98 Å². The molecule has 0 aliphatic carbocycles. The maximum Gasteiger partial charge on any atom is 0.356 e. The standard InChI is InChI=1S/C12H10Cl2N2O2S/c1-16(6-7-2-4-9(14)19-7)10-5-3-8(13)11(15-10)12(17)18/h2-5H,6H2,1H3,(H,17,18). The lowest BCUT2D eigenvalue weighted by molar-refractivity contribution is 0.0691. The molecule has 0 unspecified atom stereocenters. The summed E-state index contributed by atoms with van der Waals surface area (Å²) in [5.74, 6) is -0.592. The molecule has 2 aromatic heterocycles. The van der Waals surface area contributed by atoms with Crippen LogP contribution in [0.15, 0.2) is 24.3 Å². The number of rotatable bonds is 4. The largest absolute Gasteiger partial charge is 0.476 e. The fraction of sp³-hybridized carbons (Fsp3) is 0.167. The Bertz CT molecular complexity index is 616. The fourth-order valence-electron chi connectivity index (χ4n) is 1.55. The van der Waals surface area contributed by atoms with E-state index < -0.39 is 5.97 Å². The number of carboxylic acid groups (broad SMARTS) is 1. The van der Waals surface area contributed by atoms with Crippen LogP contribution < -0.4 is 4.90 Å². The Kier molecular flexibility index (Phi) is 4.29. The highest BCUT2D eigenvalue weighted by Gasteiger charge is 2.13. The van der Waals surface area contributed by atoms with Crippen LogP contribution in [0.4, 0.5) is 5.82 Å². The lowest BCUT2D eigenvalue weighted by atomic mass is 10.3. The normalized spacial score (nSPS) is 10.5. The zero-order valence-corrected chi connectivity index (χ0v) is 12.3. The van der Waals surface area contributed by atoms with Crippen LogP contribution in [0, 0.1) is 0 Å². The average Bonchev–Trinajstić information content (AvgIpc) is 2.74. The van der Waals surface area contributed by atoms with Crippen LogP contribution in [0.3, 0.4) is 0 Å². The predicted octanol–water partition coefficient (Wildman–Crippen LogP) is 3.78. The molecule has 0 atom stereocenters. The molecule has 0 amide bonds. The maximum atomic E-state index is 11.0. The molecule has 0 bridgehead atoms.